The topological polar surface area (TPSA) is 60.4 Å². The van der Waals surface area contributed by atoms with Crippen LogP contribution in [-0.4, -0.2) is 17.3 Å². The lowest BCUT2D eigenvalue weighted by molar-refractivity contribution is 0.0721. The number of rotatable bonds is 0. The molecule has 33 heavy (non-hydrogen) atoms. The van der Waals surface area contributed by atoms with Gasteiger partial charge in [0.05, 0.1) is 0 Å². The molecule has 0 saturated heterocycles. The van der Waals surface area contributed by atoms with Crippen molar-refractivity contribution >= 4 is 23.1 Å². The van der Waals surface area contributed by atoms with Gasteiger partial charge in [-0.1, -0.05) is 60.7 Å². The predicted octanol–water partition coefficient (Wildman–Crippen LogP) is 4.78. The fourth-order valence-electron chi connectivity index (χ4n) is 6.07. The molecule has 160 valence electrons. The van der Waals surface area contributed by atoms with E-state index in [9.17, 15) is 14.4 Å². The van der Waals surface area contributed by atoms with Crippen molar-refractivity contribution in [2.24, 2.45) is 11.8 Å². The molecule has 0 N–H and O–H groups in total. The minimum absolute atomic E-state index is 0.0379. The molecule has 0 radical (unpaired) electrons. The summed E-state index contributed by atoms with van der Waals surface area (Å²) in [5.74, 6) is 0.268. The summed E-state index contributed by atoms with van der Waals surface area (Å²) in [6.07, 6.45) is 1.66. The lowest BCUT2D eigenvalue weighted by atomic mass is 9.65. The Morgan fingerprint density at radius 3 is 1.82 bits per heavy atom. The average Bonchev–Trinajstić information content (AvgIpc) is 2.99. The quantitative estimate of drug-likeness (QED) is 0.513. The van der Waals surface area contributed by atoms with Gasteiger partial charge < -0.3 is 4.74 Å². The van der Waals surface area contributed by atoms with Gasteiger partial charge in [0.2, 0.25) is 0 Å². The minimum Gasteiger partial charge on any atom is -0.488 e. The van der Waals surface area contributed by atoms with Gasteiger partial charge in [-0.2, -0.15) is 0 Å². The Morgan fingerprint density at radius 2 is 1.18 bits per heavy atom. The van der Waals surface area contributed by atoms with Crippen molar-refractivity contribution in [3.05, 3.63) is 111 Å². The van der Waals surface area contributed by atoms with Gasteiger partial charge in [0.25, 0.3) is 0 Å². The molecule has 0 fully saturated rings. The SMILES string of the molecule is O=C1C2=C(OCc3cc4c(cc3C2)CC2C(=O)c3ccccc3C(=O)C2C4)c2ccccc21. The molecule has 1 heterocycles. The summed E-state index contributed by atoms with van der Waals surface area (Å²) < 4.78 is 6.17. The molecule has 0 bridgehead atoms. The van der Waals surface area contributed by atoms with Crippen molar-refractivity contribution in [2.45, 2.75) is 25.9 Å². The molecule has 4 nitrogen and oxygen atoms in total. The van der Waals surface area contributed by atoms with Crippen molar-refractivity contribution in [3.63, 3.8) is 0 Å². The smallest absolute Gasteiger partial charge is 0.193 e. The average molecular weight is 432 g/mol. The maximum Gasteiger partial charge on any atom is 0.193 e. The lowest BCUT2D eigenvalue weighted by Gasteiger charge is -2.35. The maximum atomic E-state index is 13.2. The number of benzene rings is 3. The second-order valence-corrected chi connectivity index (χ2v) is 9.43. The minimum atomic E-state index is -0.313. The number of ether oxygens (including phenoxy) is 1. The Labute approximate surface area is 190 Å². The van der Waals surface area contributed by atoms with Crippen LogP contribution in [0.4, 0.5) is 0 Å². The zero-order chi connectivity index (χ0) is 22.3. The number of hydrogen-bond donors (Lipinski definition) is 0. The first-order valence-corrected chi connectivity index (χ1v) is 11.4. The van der Waals surface area contributed by atoms with E-state index < -0.39 is 0 Å². The number of allylic oxidation sites excluding steroid dienone is 1. The monoisotopic (exact) mass is 432 g/mol. The molecule has 1 aliphatic heterocycles. The maximum absolute atomic E-state index is 13.2. The largest absolute Gasteiger partial charge is 0.488 e. The fourth-order valence-corrected chi connectivity index (χ4v) is 6.07. The molecular formula is C29H20O4. The molecule has 3 aromatic rings. The number of carbonyl (C=O) groups is 3. The van der Waals surface area contributed by atoms with Crippen molar-refractivity contribution in [3.8, 4) is 0 Å². The van der Waals surface area contributed by atoms with Crippen molar-refractivity contribution in [1.82, 2.24) is 0 Å². The summed E-state index contributed by atoms with van der Waals surface area (Å²) in [7, 11) is 0. The molecule has 4 aliphatic rings. The van der Waals surface area contributed by atoms with Crippen LogP contribution >= 0.6 is 0 Å². The third-order valence-electron chi connectivity index (χ3n) is 7.72. The molecule has 2 atom stereocenters. The molecule has 0 saturated carbocycles. The van der Waals surface area contributed by atoms with Crippen LogP contribution in [0.5, 0.6) is 0 Å². The standard InChI is InChI=1S/C29H20O4/c30-26-19-5-1-2-6-20(19)27(31)24-12-16-10-18-14-33-29-22-8-4-3-7-21(22)28(32)25(29)13-17(18)9-15(16)11-23(24)26/h1-10,23-24H,11-14H2. The van der Waals surface area contributed by atoms with Crippen molar-refractivity contribution in [2.75, 3.05) is 0 Å². The van der Waals surface area contributed by atoms with E-state index in [2.05, 4.69) is 12.1 Å². The normalized spacial score (nSPS) is 22.4. The van der Waals surface area contributed by atoms with Crippen LogP contribution in [0.15, 0.2) is 66.2 Å². The predicted molar refractivity (Wildman–Crippen MR) is 122 cm³/mol. The van der Waals surface area contributed by atoms with E-state index in [1.807, 2.05) is 36.4 Å². The highest BCUT2D eigenvalue weighted by Gasteiger charge is 2.44. The molecule has 0 amide bonds. The van der Waals surface area contributed by atoms with Crippen LogP contribution in [0, 0.1) is 11.8 Å². The van der Waals surface area contributed by atoms with Crippen LogP contribution in [-0.2, 0) is 30.6 Å². The van der Waals surface area contributed by atoms with Gasteiger partial charge in [0.15, 0.2) is 17.3 Å². The fraction of sp³-hybridized carbons (Fsp3) is 0.207. The van der Waals surface area contributed by atoms with E-state index >= 15 is 0 Å². The molecule has 0 aromatic heterocycles. The van der Waals surface area contributed by atoms with Gasteiger partial charge in [-0.3, -0.25) is 14.4 Å². The van der Waals surface area contributed by atoms with Gasteiger partial charge in [-0.15, -0.1) is 0 Å². The zero-order valence-electron chi connectivity index (χ0n) is 17.9. The number of Topliss-reactive ketones (excluding diaryl/α,β-unsaturated/α-hetero) is 3. The second kappa shape index (κ2) is 6.61. The summed E-state index contributed by atoms with van der Waals surface area (Å²) >= 11 is 0. The number of carbonyl (C=O) groups excluding carboxylic acids is 3. The highest BCUT2D eigenvalue weighted by atomic mass is 16.5. The van der Waals surface area contributed by atoms with E-state index in [1.165, 1.54) is 0 Å². The Balaban J connectivity index is 1.27. The second-order valence-electron chi connectivity index (χ2n) is 9.43. The van der Waals surface area contributed by atoms with E-state index in [1.54, 1.807) is 12.1 Å². The summed E-state index contributed by atoms with van der Waals surface area (Å²) in [4.78, 5) is 39.5. The Morgan fingerprint density at radius 1 is 0.636 bits per heavy atom. The van der Waals surface area contributed by atoms with Crippen LogP contribution in [0.3, 0.4) is 0 Å². The molecule has 4 heteroatoms. The first-order valence-electron chi connectivity index (χ1n) is 11.4. The summed E-state index contributed by atoms with van der Waals surface area (Å²) in [5, 5.41) is 0. The van der Waals surface area contributed by atoms with Gasteiger partial charge in [-0.25, -0.2) is 0 Å². The van der Waals surface area contributed by atoms with Crippen LogP contribution in [0.25, 0.3) is 5.76 Å². The van der Waals surface area contributed by atoms with Crippen LogP contribution in [0.1, 0.15) is 58.9 Å². The molecule has 3 aliphatic carbocycles. The van der Waals surface area contributed by atoms with E-state index in [4.69, 9.17) is 4.74 Å². The van der Waals surface area contributed by atoms with Crippen LogP contribution < -0.4 is 0 Å². The van der Waals surface area contributed by atoms with E-state index in [0.717, 1.165) is 27.8 Å². The molecular weight excluding hydrogens is 412 g/mol. The first-order chi connectivity index (χ1) is 16.1. The third kappa shape index (κ3) is 2.55. The van der Waals surface area contributed by atoms with Gasteiger partial charge in [-0.05, 0) is 35.1 Å². The van der Waals surface area contributed by atoms with Gasteiger partial charge in [0, 0.05) is 46.1 Å². The molecule has 3 aromatic carbocycles. The molecule has 7 rings (SSSR count). The number of hydrogen-bond acceptors (Lipinski definition) is 4. The van der Waals surface area contributed by atoms with Crippen molar-refractivity contribution < 1.29 is 19.1 Å². The molecule has 0 spiro atoms. The highest BCUT2D eigenvalue weighted by molar-refractivity contribution is 6.20. The van der Waals surface area contributed by atoms with Gasteiger partial charge in [0.1, 0.15) is 12.4 Å². The van der Waals surface area contributed by atoms with Gasteiger partial charge >= 0.3 is 0 Å². The van der Waals surface area contributed by atoms with E-state index in [-0.39, 0.29) is 29.2 Å². The summed E-state index contributed by atoms with van der Waals surface area (Å²) in [5.41, 5.74) is 7.77. The summed E-state index contributed by atoms with van der Waals surface area (Å²) in [6.45, 7) is 0.396. The first kappa shape index (κ1) is 18.8. The van der Waals surface area contributed by atoms with Crippen molar-refractivity contribution in [1.29, 1.82) is 0 Å². The van der Waals surface area contributed by atoms with Crippen LogP contribution in [0.2, 0.25) is 0 Å². The van der Waals surface area contributed by atoms with E-state index in [0.29, 0.717) is 53.9 Å². The lowest BCUT2D eigenvalue weighted by Crippen LogP contribution is -2.41. The third-order valence-corrected chi connectivity index (χ3v) is 7.72. The Bertz CT molecular complexity index is 1460. The zero-order valence-corrected chi connectivity index (χ0v) is 17.9. The molecule has 2 unspecified atom stereocenters. The Hall–Kier alpha value is -3.79. The number of fused-ring (bicyclic) bond motifs is 6. The summed E-state index contributed by atoms with van der Waals surface area (Å²) in [6, 6.07) is 19.1. The Kier molecular flexibility index (Phi) is 3.76. The highest BCUT2D eigenvalue weighted by Crippen LogP contribution is 2.43. The number of ketones is 3.